The maximum atomic E-state index is 4.48. The first-order chi connectivity index (χ1) is 8.42. The third-order valence-corrected chi connectivity index (χ3v) is 5.27. The minimum absolute atomic E-state index is 1.01. The van der Waals surface area contributed by atoms with Crippen molar-refractivity contribution in [2.45, 2.75) is 51.5 Å². The lowest BCUT2D eigenvalue weighted by Gasteiger charge is -2.29. The van der Waals surface area contributed by atoms with Crippen LogP contribution in [0.3, 0.4) is 0 Å². The van der Waals surface area contributed by atoms with Crippen LogP contribution in [0.2, 0.25) is 0 Å². The molecule has 1 aliphatic heterocycles. The molecule has 1 saturated carbocycles. The molecule has 0 atom stereocenters. The highest BCUT2D eigenvalue weighted by Crippen LogP contribution is 2.27. The van der Waals surface area contributed by atoms with E-state index in [1.807, 2.05) is 16.8 Å². The van der Waals surface area contributed by atoms with E-state index in [9.17, 15) is 0 Å². The zero-order valence-corrected chi connectivity index (χ0v) is 11.3. The molecular formula is C14H22N2S. The average molecular weight is 250 g/mol. The summed E-state index contributed by atoms with van der Waals surface area (Å²) in [4.78, 5) is 8.61. The van der Waals surface area contributed by atoms with Crippen molar-refractivity contribution < 1.29 is 0 Å². The van der Waals surface area contributed by atoms with Crippen LogP contribution in [0.25, 0.3) is 0 Å². The smallest absolute Gasteiger partial charge is 0.0798 e. The second-order valence-corrected chi connectivity index (χ2v) is 6.48. The Hall–Kier alpha value is -0.410. The molecule has 2 nitrogen and oxygen atoms in total. The van der Waals surface area contributed by atoms with Crippen molar-refractivity contribution in [3.8, 4) is 0 Å². The maximum absolute atomic E-state index is 4.48. The molecule has 1 fully saturated rings. The van der Waals surface area contributed by atoms with Crippen molar-refractivity contribution >= 4 is 11.3 Å². The molecule has 0 bridgehead atoms. The second kappa shape index (κ2) is 5.49. The normalized spacial score (nSPS) is 22.6. The minimum Gasteiger partial charge on any atom is -0.297 e. The molecule has 0 saturated heterocycles. The average Bonchev–Trinajstić information content (AvgIpc) is 2.85. The molecule has 17 heavy (non-hydrogen) atoms. The Morgan fingerprint density at radius 3 is 3.06 bits per heavy atom. The number of nitrogens with zero attached hydrogens (tertiary/aromatic N) is 2. The summed E-state index contributed by atoms with van der Waals surface area (Å²) >= 11 is 1.84. The van der Waals surface area contributed by atoms with Crippen molar-refractivity contribution in [1.82, 2.24) is 9.88 Å². The first-order valence-corrected chi connectivity index (χ1v) is 7.93. The summed E-state index contributed by atoms with van der Waals surface area (Å²) in [6.07, 6.45) is 10.0. The Balaban J connectivity index is 1.47. The summed E-state index contributed by atoms with van der Waals surface area (Å²) in [6.45, 7) is 3.65. The van der Waals surface area contributed by atoms with Gasteiger partial charge in [-0.15, -0.1) is 11.3 Å². The van der Waals surface area contributed by atoms with Crippen LogP contribution in [-0.2, 0) is 13.0 Å². The van der Waals surface area contributed by atoms with Crippen LogP contribution in [0.4, 0.5) is 0 Å². The highest BCUT2D eigenvalue weighted by Gasteiger charge is 2.20. The van der Waals surface area contributed by atoms with Crippen LogP contribution in [-0.4, -0.2) is 23.0 Å². The van der Waals surface area contributed by atoms with Gasteiger partial charge in [0.25, 0.3) is 0 Å². The van der Waals surface area contributed by atoms with E-state index < -0.39 is 0 Å². The quantitative estimate of drug-likeness (QED) is 0.816. The Bertz CT molecular complexity index is 355. The monoisotopic (exact) mass is 250 g/mol. The fraction of sp³-hybridized carbons (Fsp3) is 0.786. The van der Waals surface area contributed by atoms with Gasteiger partial charge in [-0.1, -0.05) is 32.1 Å². The Labute approximate surface area is 108 Å². The highest BCUT2D eigenvalue weighted by molar-refractivity contribution is 7.09. The third-order valence-electron chi connectivity index (χ3n) is 4.33. The molecule has 2 aliphatic rings. The van der Waals surface area contributed by atoms with E-state index >= 15 is 0 Å². The molecule has 3 rings (SSSR count). The topological polar surface area (TPSA) is 16.1 Å². The molecule has 1 aromatic heterocycles. The summed E-state index contributed by atoms with van der Waals surface area (Å²) in [5.74, 6) is 1.01. The molecule has 94 valence electrons. The maximum Gasteiger partial charge on any atom is 0.0798 e. The van der Waals surface area contributed by atoms with Gasteiger partial charge in [0.05, 0.1) is 11.2 Å². The number of hydrogen-bond acceptors (Lipinski definition) is 3. The predicted molar refractivity (Wildman–Crippen MR) is 72.3 cm³/mol. The summed E-state index contributed by atoms with van der Waals surface area (Å²) in [6, 6.07) is 0. The number of fused-ring (bicyclic) bond motifs is 1. The Kier molecular flexibility index (Phi) is 3.77. The third kappa shape index (κ3) is 2.89. The van der Waals surface area contributed by atoms with Crippen LogP contribution in [0.15, 0.2) is 5.51 Å². The number of thiazole rings is 1. The largest absolute Gasteiger partial charge is 0.297 e. The summed E-state index contributed by atoms with van der Waals surface area (Å²) in [5, 5.41) is 0. The van der Waals surface area contributed by atoms with Gasteiger partial charge in [-0.05, 0) is 25.3 Å². The van der Waals surface area contributed by atoms with Crippen molar-refractivity contribution in [1.29, 1.82) is 0 Å². The second-order valence-electron chi connectivity index (χ2n) is 5.54. The van der Waals surface area contributed by atoms with Gasteiger partial charge in [0.2, 0.25) is 0 Å². The van der Waals surface area contributed by atoms with Crippen molar-refractivity contribution in [3.05, 3.63) is 16.1 Å². The van der Waals surface area contributed by atoms with Gasteiger partial charge in [-0.25, -0.2) is 4.98 Å². The van der Waals surface area contributed by atoms with Crippen LogP contribution in [0.1, 0.15) is 49.1 Å². The molecular weight excluding hydrogens is 228 g/mol. The lowest BCUT2D eigenvalue weighted by molar-refractivity contribution is 0.216. The van der Waals surface area contributed by atoms with Gasteiger partial charge in [0.1, 0.15) is 0 Å². The molecule has 2 heterocycles. The van der Waals surface area contributed by atoms with E-state index in [2.05, 4.69) is 9.88 Å². The van der Waals surface area contributed by atoms with E-state index in [4.69, 9.17) is 0 Å². The van der Waals surface area contributed by atoms with Gasteiger partial charge >= 0.3 is 0 Å². The summed E-state index contributed by atoms with van der Waals surface area (Å²) in [7, 11) is 0. The number of rotatable bonds is 3. The van der Waals surface area contributed by atoms with E-state index in [0.29, 0.717) is 0 Å². The highest BCUT2D eigenvalue weighted by atomic mass is 32.1. The van der Waals surface area contributed by atoms with Gasteiger partial charge in [0, 0.05) is 18.0 Å². The fourth-order valence-electron chi connectivity index (χ4n) is 3.21. The SMILES string of the molecule is c1nc2c(s1)CCN(CCC1CCCCC1)C2. The van der Waals surface area contributed by atoms with Gasteiger partial charge in [-0.3, -0.25) is 4.90 Å². The van der Waals surface area contributed by atoms with Crippen LogP contribution in [0, 0.1) is 5.92 Å². The Morgan fingerprint density at radius 2 is 2.18 bits per heavy atom. The molecule has 1 aromatic rings. The fourth-order valence-corrected chi connectivity index (χ4v) is 3.98. The van der Waals surface area contributed by atoms with Crippen LogP contribution in [0.5, 0.6) is 0 Å². The lowest BCUT2D eigenvalue weighted by Crippen LogP contribution is -2.32. The summed E-state index contributed by atoms with van der Waals surface area (Å²) in [5.41, 5.74) is 3.36. The van der Waals surface area contributed by atoms with Crippen molar-refractivity contribution in [3.63, 3.8) is 0 Å². The first-order valence-electron chi connectivity index (χ1n) is 7.05. The van der Waals surface area contributed by atoms with E-state index in [1.54, 1.807) is 0 Å². The van der Waals surface area contributed by atoms with Crippen LogP contribution < -0.4 is 0 Å². The number of aromatic nitrogens is 1. The first kappa shape index (κ1) is 11.7. The van der Waals surface area contributed by atoms with E-state index in [-0.39, 0.29) is 0 Å². The minimum atomic E-state index is 1.01. The molecule has 0 N–H and O–H groups in total. The molecule has 0 aromatic carbocycles. The Morgan fingerprint density at radius 1 is 1.29 bits per heavy atom. The molecule has 3 heteroatoms. The molecule has 0 unspecified atom stereocenters. The van der Waals surface area contributed by atoms with Crippen molar-refractivity contribution in [2.24, 2.45) is 5.92 Å². The van der Waals surface area contributed by atoms with Gasteiger partial charge in [-0.2, -0.15) is 0 Å². The van der Waals surface area contributed by atoms with E-state index in [0.717, 1.165) is 12.5 Å². The zero-order chi connectivity index (χ0) is 11.5. The van der Waals surface area contributed by atoms with Crippen molar-refractivity contribution in [2.75, 3.05) is 13.1 Å². The number of hydrogen-bond donors (Lipinski definition) is 0. The zero-order valence-electron chi connectivity index (χ0n) is 10.5. The molecule has 0 amide bonds. The summed E-state index contributed by atoms with van der Waals surface area (Å²) < 4.78 is 0. The molecule has 0 radical (unpaired) electrons. The van der Waals surface area contributed by atoms with Gasteiger partial charge < -0.3 is 0 Å². The molecule has 0 spiro atoms. The standard InChI is InChI=1S/C14H22N2S/c1-2-4-12(5-3-1)6-8-16-9-7-14-13(10-16)15-11-17-14/h11-12H,1-10H2. The van der Waals surface area contributed by atoms with Crippen LogP contribution >= 0.6 is 11.3 Å². The molecule has 1 aliphatic carbocycles. The predicted octanol–water partition coefficient (Wildman–Crippen LogP) is 3.47. The van der Waals surface area contributed by atoms with E-state index in [1.165, 1.54) is 68.6 Å². The van der Waals surface area contributed by atoms with Gasteiger partial charge in [0.15, 0.2) is 0 Å². The lowest BCUT2D eigenvalue weighted by atomic mass is 9.87.